The van der Waals surface area contributed by atoms with Gasteiger partial charge in [0.25, 0.3) is 0 Å². The lowest BCUT2D eigenvalue weighted by atomic mass is 9.97. The van der Waals surface area contributed by atoms with Crippen LogP contribution in [0.4, 0.5) is 10.1 Å². The number of allylic oxidation sites excluding steroid dienone is 6. The van der Waals surface area contributed by atoms with Crippen LogP contribution >= 0.6 is 0 Å². The van der Waals surface area contributed by atoms with E-state index in [4.69, 9.17) is 16.9 Å². The maximum absolute atomic E-state index is 13.1. The van der Waals surface area contributed by atoms with Crippen molar-refractivity contribution in [3.63, 3.8) is 0 Å². The Balaban J connectivity index is 1.70. The van der Waals surface area contributed by atoms with Gasteiger partial charge in [0.1, 0.15) is 5.83 Å². The third kappa shape index (κ3) is 6.92. The minimum absolute atomic E-state index is 0.0648. The average Bonchev–Trinajstić information content (AvgIpc) is 2.82. The summed E-state index contributed by atoms with van der Waals surface area (Å²) in [5, 5.41) is 17.1. The molecule has 0 fully saturated rings. The summed E-state index contributed by atoms with van der Waals surface area (Å²) in [5.74, 6) is -0.157. The second kappa shape index (κ2) is 11.3. The third-order valence-electron chi connectivity index (χ3n) is 5.55. The first-order chi connectivity index (χ1) is 15.8. The molecule has 0 spiro atoms. The van der Waals surface area contributed by atoms with E-state index in [9.17, 15) is 4.39 Å². The molecule has 0 radical (unpaired) electrons. The minimum Gasteiger partial charge on any atom is -0.398 e. The van der Waals surface area contributed by atoms with Crippen LogP contribution in [0, 0.1) is 11.3 Å². The number of nitrogen functional groups attached to an aromatic ring is 1. The van der Waals surface area contributed by atoms with Crippen LogP contribution < -0.4 is 11.5 Å². The van der Waals surface area contributed by atoms with E-state index >= 15 is 0 Å². The first-order valence-corrected chi connectivity index (χ1v) is 10.9. The summed E-state index contributed by atoms with van der Waals surface area (Å²) in [4.78, 5) is 0. The van der Waals surface area contributed by atoms with Crippen LogP contribution in [-0.2, 0) is 6.42 Å². The highest BCUT2D eigenvalue weighted by molar-refractivity contribution is 6.12. The molecule has 0 saturated carbocycles. The van der Waals surface area contributed by atoms with Gasteiger partial charge in [-0.3, -0.25) is 0 Å². The molecule has 0 bridgehead atoms. The molecule has 5 N–H and O–H groups in total. The van der Waals surface area contributed by atoms with Gasteiger partial charge in [0.05, 0.1) is 17.1 Å². The SMILES string of the molecule is C/C(=N\N=C(/C)C(N)Cc1ccccc1)c1ccc(N)c(C(=N)/C=C/C2C=CC(F)=CC2)c1. The molecule has 0 aromatic heterocycles. The van der Waals surface area contributed by atoms with Gasteiger partial charge in [0, 0.05) is 17.3 Å². The van der Waals surface area contributed by atoms with Gasteiger partial charge in [0.15, 0.2) is 0 Å². The van der Waals surface area contributed by atoms with Crippen molar-refractivity contribution in [2.24, 2.45) is 21.9 Å². The molecule has 3 rings (SSSR count). The summed E-state index contributed by atoms with van der Waals surface area (Å²) in [7, 11) is 0. The number of halogens is 1. The molecule has 33 heavy (non-hydrogen) atoms. The van der Waals surface area contributed by atoms with E-state index in [2.05, 4.69) is 10.2 Å². The first-order valence-electron chi connectivity index (χ1n) is 10.9. The molecule has 0 saturated heterocycles. The van der Waals surface area contributed by atoms with Crippen LogP contribution in [0.25, 0.3) is 0 Å². The largest absolute Gasteiger partial charge is 0.398 e. The molecule has 0 amide bonds. The maximum Gasteiger partial charge on any atom is 0.118 e. The Hall–Kier alpha value is -3.64. The first kappa shape index (κ1) is 24.0. The zero-order chi connectivity index (χ0) is 23.8. The smallest absolute Gasteiger partial charge is 0.118 e. The van der Waals surface area contributed by atoms with Gasteiger partial charge in [-0.05, 0) is 74.1 Å². The normalized spacial score (nSPS) is 17.8. The van der Waals surface area contributed by atoms with E-state index in [1.54, 1.807) is 24.3 Å². The van der Waals surface area contributed by atoms with Crippen molar-refractivity contribution < 1.29 is 4.39 Å². The van der Waals surface area contributed by atoms with E-state index in [0.29, 0.717) is 29.8 Å². The third-order valence-corrected chi connectivity index (χ3v) is 5.55. The van der Waals surface area contributed by atoms with Gasteiger partial charge in [-0.25, -0.2) is 4.39 Å². The second-order valence-corrected chi connectivity index (χ2v) is 8.15. The Kier molecular flexibility index (Phi) is 8.22. The van der Waals surface area contributed by atoms with Crippen LogP contribution in [0.5, 0.6) is 0 Å². The molecule has 2 atom stereocenters. The highest BCUT2D eigenvalue weighted by Gasteiger charge is 2.10. The molecule has 2 aromatic carbocycles. The van der Waals surface area contributed by atoms with Crippen LogP contribution in [0.2, 0.25) is 0 Å². The number of anilines is 1. The Morgan fingerprint density at radius 3 is 2.64 bits per heavy atom. The summed E-state index contributed by atoms with van der Waals surface area (Å²) in [6.45, 7) is 3.74. The van der Waals surface area contributed by atoms with Crippen LogP contribution in [-0.4, -0.2) is 23.2 Å². The number of nitrogens with two attached hydrogens (primary N) is 2. The number of hydrogen-bond acceptors (Lipinski definition) is 5. The molecular formula is C27H30FN5. The Morgan fingerprint density at radius 1 is 1.18 bits per heavy atom. The van der Waals surface area contributed by atoms with Crippen molar-refractivity contribution in [3.05, 3.63) is 101 Å². The van der Waals surface area contributed by atoms with E-state index in [-0.39, 0.29) is 23.5 Å². The predicted molar refractivity (Wildman–Crippen MR) is 137 cm³/mol. The van der Waals surface area contributed by atoms with Crippen molar-refractivity contribution in [1.82, 2.24) is 0 Å². The van der Waals surface area contributed by atoms with Crippen molar-refractivity contribution in [3.8, 4) is 0 Å². The van der Waals surface area contributed by atoms with E-state index < -0.39 is 0 Å². The summed E-state index contributed by atoms with van der Waals surface area (Å²) in [5.41, 5.74) is 17.2. The Morgan fingerprint density at radius 2 is 1.94 bits per heavy atom. The van der Waals surface area contributed by atoms with Crippen molar-refractivity contribution in [1.29, 1.82) is 5.41 Å². The number of hydrogen-bond donors (Lipinski definition) is 3. The van der Waals surface area contributed by atoms with Gasteiger partial charge in [-0.1, -0.05) is 48.6 Å². The van der Waals surface area contributed by atoms with Crippen molar-refractivity contribution >= 4 is 22.8 Å². The van der Waals surface area contributed by atoms with Crippen molar-refractivity contribution in [2.75, 3.05) is 5.73 Å². The van der Waals surface area contributed by atoms with Gasteiger partial charge in [-0.15, -0.1) is 0 Å². The van der Waals surface area contributed by atoms with Crippen LogP contribution in [0.15, 0.2) is 94.9 Å². The van der Waals surface area contributed by atoms with E-state index in [1.807, 2.05) is 62.4 Å². The zero-order valence-electron chi connectivity index (χ0n) is 19.0. The number of nitrogens with one attached hydrogen (secondary N) is 1. The van der Waals surface area contributed by atoms with Crippen LogP contribution in [0.1, 0.15) is 37.0 Å². The monoisotopic (exact) mass is 443 g/mol. The zero-order valence-corrected chi connectivity index (χ0v) is 19.0. The quantitative estimate of drug-likeness (QED) is 0.290. The summed E-state index contributed by atoms with van der Waals surface area (Å²) in [6, 6.07) is 15.3. The maximum atomic E-state index is 13.1. The molecule has 0 heterocycles. The molecule has 0 aliphatic heterocycles. The fourth-order valence-corrected chi connectivity index (χ4v) is 3.38. The lowest BCUT2D eigenvalue weighted by Crippen LogP contribution is -2.30. The van der Waals surface area contributed by atoms with Crippen molar-refractivity contribution in [2.45, 2.75) is 32.7 Å². The van der Waals surface area contributed by atoms with Gasteiger partial charge in [-0.2, -0.15) is 10.2 Å². The summed E-state index contributed by atoms with van der Waals surface area (Å²) >= 11 is 0. The highest BCUT2D eigenvalue weighted by atomic mass is 19.1. The van der Waals surface area contributed by atoms with E-state index in [1.165, 1.54) is 6.08 Å². The molecule has 5 nitrogen and oxygen atoms in total. The topological polar surface area (TPSA) is 101 Å². The second-order valence-electron chi connectivity index (χ2n) is 8.15. The fraction of sp³-hybridized carbons (Fsp3) is 0.222. The van der Waals surface area contributed by atoms with Gasteiger partial charge >= 0.3 is 0 Å². The molecule has 6 heteroatoms. The number of benzene rings is 2. The van der Waals surface area contributed by atoms with Crippen LogP contribution in [0.3, 0.4) is 0 Å². The molecule has 1 aliphatic rings. The Labute approximate surface area is 194 Å². The lowest BCUT2D eigenvalue weighted by Gasteiger charge is -2.11. The highest BCUT2D eigenvalue weighted by Crippen LogP contribution is 2.20. The summed E-state index contributed by atoms with van der Waals surface area (Å²) < 4.78 is 13.1. The van der Waals surface area contributed by atoms with Gasteiger partial charge in [0.2, 0.25) is 0 Å². The molecule has 2 aromatic rings. The summed E-state index contributed by atoms with van der Waals surface area (Å²) in [6.07, 6.45) is 9.65. The number of rotatable bonds is 8. The number of nitrogens with zero attached hydrogens (tertiary/aromatic N) is 2. The molecule has 2 unspecified atom stereocenters. The standard InChI is InChI=1S/C27H30FN5/c1-18(32-33-19(2)27(31)16-21-6-4-3-5-7-21)22-11-15-26(30)24(17-22)25(29)14-10-20-8-12-23(28)13-9-20/h3-8,10-15,17,20,27,29H,9,16,30-31H2,1-2H3/b14-10+,29-25?,32-18+,33-19+. The minimum atomic E-state index is -0.222. The molecule has 1 aliphatic carbocycles. The predicted octanol–water partition coefficient (Wildman–Crippen LogP) is 5.38. The fourth-order valence-electron chi connectivity index (χ4n) is 3.38. The van der Waals surface area contributed by atoms with Gasteiger partial charge < -0.3 is 16.9 Å². The lowest BCUT2D eigenvalue weighted by molar-refractivity contribution is 0.639. The Bertz CT molecular complexity index is 1140. The average molecular weight is 444 g/mol. The van der Waals surface area contributed by atoms with E-state index in [0.717, 1.165) is 16.8 Å². The molecule has 170 valence electrons. The molecular weight excluding hydrogens is 413 g/mol.